The summed E-state index contributed by atoms with van der Waals surface area (Å²) in [6.45, 7) is 1.48. The van der Waals surface area contributed by atoms with Crippen molar-refractivity contribution in [2.24, 2.45) is 4.99 Å². The molecule has 4 rings (SSSR count). The first-order valence-corrected chi connectivity index (χ1v) is 13.0. The van der Waals surface area contributed by atoms with Gasteiger partial charge in [0.1, 0.15) is 27.3 Å². The van der Waals surface area contributed by atoms with Crippen LogP contribution in [0.25, 0.3) is 21.8 Å². The maximum atomic E-state index is 13.4. The quantitative estimate of drug-likeness (QED) is 0.292. The lowest BCUT2D eigenvalue weighted by Gasteiger charge is -2.19. The smallest absolute Gasteiger partial charge is 0.387 e. The largest absolute Gasteiger partial charge is 0.434 e. The maximum Gasteiger partial charge on any atom is 0.387 e. The molecule has 0 saturated carbocycles. The van der Waals surface area contributed by atoms with E-state index in [9.17, 15) is 13.6 Å². The number of hydrogen-bond acceptors (Lipinski definition) is 7. The zero-order valence-corrected chi connectivity index (χ0v) is 23.1. The number of allylic oxidation sites excluding steroid dienone is 1. The molecule has 0 fully saturated rings. The Balaban J connectivity index is 1.80. The number of thiazole rings is 1. The molecule has 1 amide bonds. The van der Waals surface area contributed by atoms with E-state index in [4.69, 9.17) is 21.3 Å². The molecule has 3 aromatic rings. The number of amides is 1. The Labute approximate surface area is 234 Å². The average Bonchev–Trinajstić information content (AvgIpc) is 3.30. The number of benzene rings is 2. The molecule has 0 aliphatic carbocycles. The number of ether oxygens (including phenoxy) is 1. The summed E-state index contributed by atoms with van der Waals surface area (Å²) in [5.74, 6) is -0.209. The first-order valence-electron chi connectivity index (χ1n) is 11.8. The second kappa shape index (κ2) is 12.3. The van der Waals surface area contributed by atoms with Crippen LogP contribution in [0.2, 0.25) is 5.02 Å². The lowest BCUT2D eigenvalue weighted by atomic mass is 10.1. The number of nitrogens with one attached hydrogen (secondary N) is 1. The van der Waals surface area contributed by atoms with Crippen molar-refractivity contribution in [2.75, 3.05) is 26.5 Å². The van der Waals surface area contributed by atoms with Crippen LogP contribution in [0.5, 0.6) is 5.75 Å². The maximum absolute atomic E-state index is 13.4. The molecule has 0 spiro atoms. The number of aliphatic imine (C=N–C) groups is 1. The number of hydrogen-bond donors (Lipinski definition) is 1. The van der Waals surface area contributed by atoms with Gasteiger partial charge in [-0.2, -0.15) is 8.78 Å². The number of rotatable bonds is 9. The van der Waals surface area contributed by atoms with Gasteiger partial charge < -0.3 is 19.9 Å². The number of nitrogens with zero attached hydrogens (tertiary/aromatic N) is 4. The van der Waals surface area contributed by atoms with Gasteiger partial charge in [0.15, 0.2) is 0 Å². The fraction of sp³-hybridized carbons (Fsp3) is 0.179. The van der Waals surface area contributed by atoms with Crippen molar-refractivity contribution in [3.63, 3.8) is 0 Å². The van der Waals surface area contributed by atoms with Crippen LogP contribution >= 0.6 is 22.9 Å². The Morgan fingerprint density at radius 2 is 2.00 bits per heavy atom. The number of alkyl halides is 2. The van der Waals surface area contributed by atoms with Gasteiger partial charge in [-0.15, -0.1) is 0 Å². The van der Waals surface area contributed by atoms with Gasteiger partial charge in [-0.25, -0.2) is 9.98 Å². The summed E-state index contributed by atoms with van der Waals surface area (Å²) in [4.78, 5) is 26.2. The standard InChI is InChI=1S/C28H26ClF2N5O2S/c1-5-20(24-32-13-6-14-36(24)4)25(37)34-27-23(21-15-19(29)11-12-22(21)38-28(30)31)33-26(39-27)18-9-7-17(8-10-18)16-35(2)3/h5-15,28H,1,16H2,2-4H3,(H,34,37)/b24-20+. The van der Waals surface area contributed by atoms with E-state index in [0.717, 1.165) is 17.7 Å². The fourth-order valence-corrected chi connectivity index (χ4v) is 5.03. The van der Waals surface area contributed by atoms with E-state index in [-0.39, 0.29) is 22.6 Å². The van der Waals surface area contributed by atoms with Crippen molar-refractivity contribution in [2.45, 2.75) is 13.2 Å². The molecule has 1 aliphatic rings. The molecule has 1 aliphatic heterocycles. The van der Waals surface area contributed by atoms with Gasteiger partial charge in [-0.1, -0.05) is 59.9 Å². The second-order valence-electron chi connectivity index (χ2n) is 8.78. The first kappa shape index (κ1) is 28.2. The van der Waals surface area contributed by atoms with Crippen LogP contribution in [-0.4, -0.2) is 54.7 Å². The van der Waals surface area contributed by atoms with E-state index in [0.29, 0.717) is 20.9 Å². The first-order chi connectivity index (χ1) is 18.7. The molecule has 0 unspecified atom stereocenters. The topological polar surface area (TPSA) is 70.1 Å². The van der Waals surface area contributed by atoms with Crippen molar-refractivity contribution in [3.8, 4) is 27.6 Å². The summed E-state index contributed by atoms with van der Waals surface area (Å²) in [7, 11) is 5.73. The van der Waals surface area contributed by atoms with Crippen LogP contribution < -0.4 is 10.1 Å². The van der Waals surface area contributed by atoms with Crippen LogP contribution in [0.4, 0.5) is 13.8 Å². The van der Waals surface area contributed by atoms with Crippen molar-refractivity contribution >= 4 is 40.1 Å². The fourth-order valence-electron chi connectivity index (χ4n) is 3.87. The number of carbonyl (C=O) groups excluding carboxylic acids is 1. The number of carbonyl (C=O) groups is 1. The third kappa shape index (κ3) is 6.78. The lowest BCUT2D eigenvalue weighted by Crippen LogP contribution is -2.21. The molecule has 2 heterocycles. The molecule has 1 N–H and O–H groups in total. The molecule has 0 atom stereocenters. The lowest BCUT2D eigenvalue weighted by molar-refractivity contribution is -0.112. The van der Waals surface area contributed by atoms with Crippen molar-refractivity contribution < 1.29 is 18.3 Å². The van der Waals surface area contributed by atoms with E-state index in [1.807, 2.05) is 38.4 Å². The minimum atomic E-state index is -3.06. The Hall–Kier alpha value is -3.86. The van der Waals surface area contributed by atoms with Crippen molar-refractivity contribution in [1.82, 2.24) is 14.8 Å². The van der Waals surface area contributed by atoms with Gasteiger partial charge in [0, 0.05) is 42.2 Å². The molecule has 11 heteroatoms. The predicted octanol–water partition coefficient (Wildman–Crippen LogP) is 6.66. The predicted molar refractivity (Wildman–Crippen MR) is 153 cm³/mol. The van der Waals surface area contributed by atoms with Gasteiger partial charge in [0.25, 0.3) is 5.91 Å². The normalized spacial score (nSPS) is 14.2. The Kier molecular flexibility index (Phi) is 8.90. The van der Waals surface area contributed by atoms with Crippen molar-refractivity contribution in [3.05, 3.63) is 89.4 Å². The minimum Gasteiger partial charge on any atom is -0.434 e. The second-order valence-corrected chi connectivity index (χ2v) is 10.2. The molecule has 0 saturated heterocycles. The highest BCUT2D eigenvalue weighted by Crippen LogP contribution is 2.43. The molecule has 0 radical (unpaired) electrons. The van der Waals surface area contributed by atoms with E-state index < -0.39 is 12.5 Å². The molecular weight excluding hydrogens is 544 g/mol. The molecular formula is C28H26ClF2N5O2S. The van der Waals surface area contributed by atoms with E-state index in [2.05, 4.69) is 21.8 Å². The highest BCUT2D eigenvalue weighted by atomic mass is 35.5. The summed E-state index contributed by atoms with van der Waals surface area (Å²) in [6.07, 6.45) is 6.48. The molecule has 39 heavy (non-hydrogen) atoms. The third-order valence-electron chi connectivity index (χ3n) is 5.58. The van der Waals surface area contributed by atoms with E-state index in [1.54, 1.807) is 30.4 Å². The van der Waals surface area contributed by atoms with Gasteiger partial charge >= 0.3 is 6.61 Å². The van der Waals surface area contributed by atoms with Gasteiger partial charge in [0.05, 0.1) is 5.57 Å². The number of anilines is 1. The zero-order valence-electron chi connectivity index (χ0n) is 21.5. The molecule has 2 aromatic carbocycles. The van der Waals surface area contributed by atoms with Crippen LogP contribution in [-0.2, 0) is 11.3 Å². The third-order valence-corrected chi connectivity index (χ3v) is 6.84. The summed E-state index contributed by atoms with van der Waals surface area (Å²) in [6, 6.07) is 12.1. The minimum absolute atomic E-state index is 0.118. The Morgan fingerprint density at radius 1 is 1.26 bits per heavy atom. The Morgan fingerprint density at radius 3 is 2.64 bits per heavy atom. The van der Waals surface area contributed by atoms with E-state index in [1.165, 1.54) is 35.6 Å². The Bertz CT molecular complexity index is 1470. The highest BCUT2D eigenvalue weighted by molar-refractivity contribution is 7.19. The molecule has 1 aromatic heterocycles. The summed E-state index contributed by atoms with van der Waals surface area (Å²) >= 11 is 7.43. The van der Waals surface area contributed by atoms with Gasteiger partial charge in [-0.3, -0.25) is 4.79 Å². The van der Waals surface area contributed by atoms with Gasteiger partial charge in [-0.05, 0) is 43.9 Å². The molecule has 7 nitrogen and oxygen atoms in total. The number of halogens is 3. The highest BCUT2D eigenvalue weighted by Gasteiger charge is 2.24. The average molecular weight is 570 g/mol. The number of aromatic nitrogens is 1. The van der Waals surface area contributed by atoms with Crippen LogP contribution in [0.15, 0.2) is 83.8 Å². The molecule has 0 bridgehead atoms. The van der Waals surface area contributed by atoms with Gasteiger partial charge in [0.2, 0.25) is 0 Å². The zero-order chi connectivity index (χ0) is 28.1. The summed E-state index contributed by atoms with van der Waals surface area (Å²) in [5.41, 5.74) is 2.60. The van der Waals surface area contributed by atoms with Crippen LogP contribution in [0, 0.1) is 0 Å². The SMILES string of the molecule is C=C/C(C(=O)Nc1sc(-c2ccc(CN(C)C)cc2)nc1-c1cc(Cl)ccc1OC(F)F)=C1/N=CC=CN1C. The molecule has 202 valence electrons. The van der Waals surface area contributed by atoms with E-state index >= 15 is 0 Å². The summed E-state index contributed by atoms with van der Waals surface area (Å²) in [5, 5.41) is 4.07. The van der Waals surface area contributed by atoms with Crippen LogP contribution in [0.1, 0.15) is 5.56 Å². The monoisotopic (exact) mass is 569 g/mol. The van der Waals surface area contributed by atoms with Crippen LogP contribution in [0.3, 0.4) is 0 Å². The van der Waals surface area contributed by atoms with Crippen molar-refractivity contribution in [1.29, 1.82) is 0 Å². The summed E-state index contributed by atoms with van der Waals surface area (Å²) < 4.78 is 31.2.